The molecular formula is C21H17NO. The van der Waals surface area contributed by atoms with Gasteiger partial charge in [0.25, 0.3) is 0 Å². The minimum atomic E-state index is 0.685. The van der Waals surface area contributed by atoms with Crippen LogP contribution >= 0.6 is 0 Å². The monoisotopic (exact) mass is 299 g/mol. The molecule has 0 saturated carbocycles. The van der Waals surface area contributed by atoms with Crippen LogP contribution in [0.25, 0.3) is 6.08 Å². The second-order valence-electron chi connectivity index (χ2n) is 5.14. The molecule has 0 radical (unpaired) electrons. The van der Waals surface area contributed by atoms with Gasteiger partial charge in [0.1, 0.15) is 6.29 Å². The minimum Gasteiger partial charge on any atom is -0.317 e. The SMILES string of the molecule is O=Cc1ccc(/C=C/N(c2ccccc2)c2ccccc2)cc1. The van der Waals surface area contributed by atoms with Gasteiger partial charge < -0.3 is 4.90 Å². The second kappa shape index (κ2) is 7.23. The molecule has 0 spiro atoms. The summed E-state index contributed by atoms with van der Waals surface area (Å²) in [6.07, 6.45) is 4.93. The van der Waals surface area contributed by atoms with Crippen molar-refractivity contribution in [1.82, 2.24) is 0 Å². The summed E-state index contributed by atoms with van der Waals surface area (Å²) < 4.78 is 0. The van der Waals surface area contributed by atoms with Crippen molar-refractivity contribution in [3.8, 4) is 0 Å². The van der Waals surface area contributed by atoms with Crippen LogP contribution in [0.5, 0.6) is 0 Å². The number of hydrogen-bond donors (Lipinski definition) is 0. The largest absolute Gasteiger partial charge is 0.317 e. The summed E-state index contributed by atoms with van der Waals surface area (Å²) in [5, 5.41) is 0. The van der Waals surface area contributed by atoms with Gasteiger partial charge in [0.15, 0.2) is 0 Å². The molecule has 0 N–H and O–H groups in total. The highest BCUT2D eigenvalue weighted by molar-refractivity contribution is 5.75. The lowest BCUT2D eigenvalue weighted by Gasteiger charge is -2.20. The van der Waals surface area contributed by atoms with Crippen molar-refractivity contribution in [3.63, 3.8) is 0 Å². The number of aldehydes is 1. The Hall–Kier alpha value is -3.13. The molecule has 0 fully saturated rings. The Morgan fingerprint density at radius 1 is 0.609 bits per heavy atom. The Bertz CT molecular complexity index is 738. The lowest BCUT2D eigenvalue weighted by Crippen LogP contribution is -2.07. The molecule has 0 aliphatic heterocycles. The first-order valence-corrected chi connectivity index (χ1v) is 7.49. The van der Waals surface area contributed by atoms with Crippen LogP contribution in [-0.2, 0) is 0 Å². The van der Waals surface area contributed by atoms with Crippen molar-refractivity contribution >= 4 is 23.7 Å². The Balaban J connectivity index is 1.92. The molecule has 2 heteroatoms. The smallest absolute Gasteiger partial charge is 0.150 e. The third-order valence-corrected chi connectivity index (χ3v) is 3.56. The maximum atomic E-state index is 10.7. The molecular weight excluding hydrogens is 282 g/mol. The van der Waals surface area contributed by atoms with E-state index in [0.29, 0.717) is 5.56 Å². The number of para-hydroxylation sites is 2. The maximum absolute atomic E-state index is 10.7. The van der Waals surface area contributed by atoms with Crippen LogP contribution in [0, 0.1) is 0 Å². The molecule has 0 heterocycles. The summed E-state index contributed by atoms with van der Waals surface area (Å²) >= 11 is 0. The number of carbonyl (C=O) groups is 1. The normalized spacial score (nSPS) is 10.6. The summed E-state index contributed by atoms with van der Waals surface area (Å²) in [6.45, 7) is 0. The lowest BCUT2D eigenvalue weighted by molar-refractivity contribution is 0.112. The zero-order valence-corrected chi connectivity index (χ0v) is 12.7. The van der Waals surface area contributed by atoms with Gasteiger partial charge in [-0.25, -0.2) is 0 Å². The fourth-order valence-electron chi connectivity index (χ4n) is 2.34. The molecule has 2 nitrogen and oxygen atoms in total. The summed E-state index contributed by atoms with van der Waals surface area (Å²) in [5.74, 6) is 0. The van der Waals surface area contributed by atoms with Crippen molar-refractivity contribution in [2.24, 2.45) is 0 Å². The molecule has 23 heavy (non-hydrogen) atoms. The fourth-order valence-corrected chi connectivity index (χ4v) is 2.34. The Morgan fingerprint density at radius 3 is 1.57 bits per heavy atom. The van der Waals surface area contributed by atoms with E-state index in [1.807, 2.05) is 72.9 Å². The van der Waals surface area contributed by atoms with Gasteiger partial charge in [-0.2, -0.15) is 0 Å². The highest BCUT2D eigenvalue weighted by Crippen LogP contribution is 2.25. The summed E-state index contributed by atoms with van der Waals surface area (Å²) in [7, 11) is 0. The zero-order valence-electron chi connectivity index (χ0n) is 12.7. The van der Waals surface area contributed by atoms with E-state index in [4.69, 9.17) is 0 Å². The molecule has 0 saturated heterocycles. The van der Waals surface area contributed by atoms with Gasteiger partial charge in [0, 0.05) is 23.1 Å². The first-order valence-electron chi connectivity index (χ1n) is 7.49. The predicted octanol–water partition coefficient (Wildman–Crippen LogP) is 5.31. The molecule has 0 aliphatic rings. The van der Waals surface area contributed by atoms with Crippen LogP contribution in [0.4, 0.5) is 11.4 Å². The third kappa shape index (κ3) is 3.74. The molecule has 0 unspecified atom stereocenters. The van der Waals surface area contributed by atoms with Gasteiger partial charge in [0.05, 0.1) is 0 Å². The number of rotatable bonds is 5. The van der Waals surface area contributed by atoms with Crippen molar-refractivity contribution in [3.05, 3.63) is 102 Å². The molecule has 3 aromatic carbocycles. The average molecular weight is 299 g/mol. The van der Waals surface area contributed by atoms with E-state index in [-0.39, 0.29) is 0 Å². The van der Waals surface area contributed by atoms with E-state index in [9.17, 15) is 4.79 Å². The number of carbonyl (C=O) groups excluding carboxylic acids is 1. The van der Waals surface area contributed by atoms with Crippen LogP contribution in [0.3, 0.4) is 0 Å². The van der Waals surface area contributed by atoms with Crippen molar-refractivity contribution in [2.75, 3.05) is 4.90 Å². The standard InChI is InChI=1S/C21H17NO/c23-17-19-13-11-18(12-14-19)15-16-22(20-7-3-1-4-8-20)21-9-5-2-6-10-21/h1-17H/b16-15+. The Kier molecular flexibility index (Phi) is 4.65. The van der Waals surface area contributed by atoms with Crippen LogP contribution in [-0.4, -0.2) is 6.29 Å². The quantitative estimate of drug-likeness (QED) is 0.595. The van der Waals surface area contributed by atoms with Crippen LogP contribution in [0.15, 0.2) is 91.1 Å². The minimum absolute atomic E-state index is 0.685. The van der Waals surface area contributed by atoms with Crippen molar-refractivity contribution in [2.45, 2.75) is 0 Å². The molecule has 3 aromatic rings. The molecule has 0 atom stereocenters. The number of anilines is 2. The summed E-state index contributed by atoms with van der Waals surface area (Å²) in [5.41, 5.74) is 3.93. The van der Waals surface area contributed by atoms with Crippen LogP contribution in [0.2, 0.25) is 0 Å². The fraction of sp³-hybridized carbons (Fsp3) is 0. The van der Waals surface area contributed by atoms with Gasteiger partial charge in [-0.1, -0.05) is 60.7 Å². The topological polar surface area (TPSA) is 20.3 Å². The van der Waals surface area contributed by atoms with Gasteiger partial charge >= 0.3 is 0 Å². The highest BCUT2D eigenvalue weighted by Gasteiger charge is 2.04. The van der Waals surface area contributed by atoms with Crippen LogP contribution < -0.4 is 4.90 Å². The molecule has 3 rings (SSSR count). The second-order valence-corrected chi connectivity index (χ2v) is 5.14. The first kappa shape index (κ1) is 14.8. The Morgan fingerprint density at radius 2 is 1.09 bits per heavy atom. The van der Waals surface area contributed by atoms with Gasteiger partial charge in [-0.3, -0.25) is 4.79 Å². The molecule has 0 amide bonds. The molecule has 0 bridgehead atoms. The summed E-state index contributed by atoms with van der Waals surface area (Å²) in [4.78, 5) is 12.9. The van der Waals surface area contributed by atoms with E-state index >= 15 is 0 Å². The highest BCUT2D eigenvalue weighted by atomic mass is 16.1. The third-order valence-electron chi connectivity index (χ3n) is 3.56. The Labute approximate surface area is 136 Å². The van der Waals surface area contributed by atoms with Crippen LogP contribution in [0.1, 0.15) is 15.9 Å². The van der Waals surface area contributed by atoms with Gasteiger partial charge in [-0.15, -0.1) is 0 Å². The average Bonchev–Trinajstić information content (AvgIpc) is 2.64. The van der Waals surface area contributed by atoms with E-state index in [1.165, 1.54) is 0 Å². The van der Waals surface area contributed by atoms with Gasteiger partial charge in [0.2, 0.25) is 0 Å². The van der Waals surface area contributed by atoms with Gasteiger partial charge in [-0.05, 0) is 35.9 Å². The van der Waals surface area contributed by atoms with E-state index in [0.717, 1.165) is 23.2 Å². The lowest BCUT2D eigenvalue weighted by atomic mass is 10.1. The molecule has 112 valence electrons. The van der Waals surface area contributed by atoms with E-state index < -0.39 is 0 Å². The predicted molar refractivity (Wildman–Crippen MR) is 95.9 cm³/mol. The first-order chi connectivity index (χ1) is 11.4. The number of hydrogen-bond acceptors (Lipinski definition) is 2. The molecule has 0 aliphatic carbocycles. The number of nitrogens with zero attached hydrogens (tertiary/aromatic N) is 1. The molecule has 0 aromatic heterocycles. The maximum Gasteiger partial charge on any atom is 0.150 e. The van der Waals surface area contributed by atoms with Crippen molar-refractivity contribution in [1.29, 1.82) is 0 Å². The zero-order chi connectivity index (χ0) is 15.9. The van der Waals surface area contributed by atoms with Crippen molar-refractivity contribution < 1.29 is 4.79 Å². The summed E-state index contributed by atoms with van der Waals surface area (Å²) in [6, 6.07) is 27.9. The van der Waals surface area contributed by atoms with E-state index in [1.54, 1.807) is 0 Å². The number of benzene rings is 3. The van der Waals surface area contributed by atoms with E-state index in [2.05, 4.69) is 29.2 Å².